The second-order valence-corrected chi connectivity index (χ2v) is 5.43. The van der Waals surface area contributed by atoms with Gasteiger partial charge in [-0.3, -0.25) is 9.69 Å². The molecular weight excluding hydrogens is 312 g/mol. The molecule has 0 N–H and O–H groups in total. The van der Waals surface area contributed by atoms with Gasteiger partial charge in [-0.15, -0.1) is 0 Å². The van der Waals surface area contributed by atoms with Crippen LogP contribution >= 0.6 is 15.9 Å². The summed E-state index contributed by atoms with van der Waals surface area (Å²) in [5.74, 6) is 0.845. The van der Waals surface area contributed by atoms with Crippen LogP contribution < -0.4 is 0 Å². The zero-order valence-corrected chi connectivity index (χ0v) is 12.7. The average molecular weight is 331 g/mol. The highest BCUT2D eigenvalue weighted by Gasteiger charge is 2.18. The highest BCUT2D eigenvalue weighted by atomic mass is 79.9. The Morgan fingerprint density at radius 2 is 2.00 bits per heavy atom. The molecule has 5 nitrogen and oxygen atoms in total. The molecule has 106 valence electrons. The molecule has 19 heavy (non-hydrogen) atoms. The molecule has 0 saturated carbocycles. The Kier molecular flexibility index (Phi) is 5.42. The van der Waals surface area contributed by atoms with Gasteiger partial charge < -0.3 is 14.1 Å². The molecule has 0 aliphatic carbocycles. The molecule has 1 aromatic heterocycles. The molecule has 1 fully saturated rings. The molecule has 0 bridgehead atoms. The fourth-order valence-corrected chi connectivity index (χ4v) is 2.52. The van der Waals surface area contributed by atoms with E-state index in [4.69, 9.17) is 4.42 Å². The summed E-state index contributed by atoms with van der Waals surface area (Å²) in [6, 6.07) is 3.91. The van der Waals surface area contributed by atoms with Crippen molar-refractivity contribution in [3.05, 3.63) is 22.6 Å². The zero-order valence-electron chi connectivity index (χ0n) is 11.1. The van der Waals surface area contributed by atoms with E-state index >= 15 is 0 Å². The van der Waals surface area contributed by atoms with Crippen LogP contribution in [-0.2, 0) is 16.1 Å². The summed E-state index contributed by atoms with van der Waals surface area (Å²) in [5.41, 5.74) is 0. The molecule has 0 aromatic carbocycles. The minimum Gasteiger partial charge on any atom is -0.469 e. The predicted molar refractivity (Wildman–Crippen MR) is 74.8 cm³/mol. The van der Waals surface area contributed by atoms with Crippen LogP contribution in [-0.4, -0.2) is 55.6 Å². The van der Waals surface area contributed by atoms with E-state index in [-0.39, 0.29) is 5.97 Å². The van der Waals surface area contributed by atoms with Crippen molar-refractivity contribution in [1.29, 1.82) is 0 Å². The Hall–Kier alpha value is -0.850. The number of rotatable bonds is 5. The van der Waals surface area contributed by atoms with E-state index in [1.807, 2.05) is 12.1 Å². The van der Waals surface area contributed by atoms with Crippen molar-refractivity contribution < 1.29 is 13.9 Å². The summed E-state index contributed by atoms with van der Waals surface area (Å²) >= 11 is 3.31. The molecule has 2 rings (SSSR count). The number of esters is 1. The van der Waals surface area contributed by atoms with E-state index in [0.29, 0.717) is 6.42 Å². The first-order valence-electron chi connectivity index (χ1n) is 6.43. The average Bonchev–Trinajstić information content (AvgIpc) is 2.83. The molecule has 0 amide bonds. The largest absolute Gasteiger partial charge is 0.469 e. The molecule has 2 heterocycles. The van der Waals surface area contributed by atoms with E-state index in [2.05, 4.69) is 30.5 Å². The number of hydrogen-bond donors (Lipinski definition) is 0. The van der Waals surface area contributed by atoms with Crippen LogP contribution in [0.4, 0.5) is 0 Å². The van der Waals surface area contributed by atoms with Crippen molar-refractivity contribution in [1.82, 2.24) is 9.80 Å². The van der Waals surface area contributed by atoms with Gasteiger partial charge >= 0.3 is 5.97 Å². The van der Waals surface area contributed by atoms with Crippen molar-refractivity contribution >= 4 is 21.9 Å². The maximum atomic E-state index is 11.1. The van der Waals surface area contributed by atoms with Gasteiger partial charge in [0.15, 0.2) is 4.67 Å². The summed E-state index contributed by atoms with van der Waals surface area (Å²) in [5, 5.41) is 0. The van der Waals surface area contributed by atoms with Gasteiger partial charge in [0.05, 0.1) is 20.1 Å². The number of ether oxygens (including phenoxy) is 1. The number of methoxy groups -OCH3 is 1. The third-order valence-corrected chi connectivity index (χ3v) is 3.76. The van der Waals surface area contributed by atoms with Gasteiger partial charge in [0.25, 0.3) is 0 Å². The second kappa shape index (κ2) is 7.07. The zero-order chi connectivity index (χ0) is 13.7. The number of halogens is 1. The number of hydrogen-bond acceptors (Lipinski definition) is 5. The van der Waals surface area contributed by atoms with E-state index in [0.717, 1.165) is 49.7 Å². The quantitative estimate of drug-likeness (QED) is 0.769. The highest BCUT2D eigenvalue weighted by molar-refractivity contribution is 9.10. The molecule has 1 aromatic rings. The molecule has 0 unspecified atom stereocenters. The van der Waals surface area contributed by atoms with Crippen molar-refractivity contribution in [2.24, 2.45) is 0 Å². The Morgan fingerprint density at radius 3 is 2.58 bits per heavy atom. The maximum absolute atomic E-state index is 11.1. The molecule has 1 aliphatic rings. The first-order valence-corrected chi connectivity index (χ1v) is 7.22. The van der Waals surface area contributed by atoms with Crippen molar-refractivity contribution in [2.75, 3.05) is 39.8 Å². The van der Waals surface area contributed by atoms with Crippen LogP contribution in [0, 0.1) is 0 Å². The van der Waals surface area contributed by atoms with Crippen molar-refractivity contribution in [3.63, 3.8) is 0 Å². The lowest BCUT2D eigenvalue weighted by molar-refractivity contribution is -0.141. The van der Waals surface area contributed by atoms with Crippen molar-refractivity contribution in [2.45, 2.75) is 13.0 Å². The number of carbonyl (C=O) groups excluding carboxylic acids is 1. The van der Waals surface area contributed by atoms with Crippen LogP contribution in [0.3, 0.4) is 0 Å². The topological polar surface area (TPSA) is 45.9 Å². The first kappa shape index (κ1) is 14.6. The molecule has 0 spiro atoms. The first-order chi connectivity index (χ1) is 9.17. The Balaban J connectivity index is 1.69. The van der Waals surface area contributed by atoms with E-state index < -0.39 is 0 Å². The van der Waals surface area contributed by atoms with Crippen LogP contribution in [0.15, 0.2) is 21.2 Å². The van der Waals surface area contributed by atoms with Gasteiger partial charge in [-0.25, -0.2) is 0 Å². The number of carbonyl (C=O) groups is 1. The fourth-order valence-electron chi connectivity index (χ4n) is 2.18. The minimum absolute atomic E-state index is 0.136. The predicted octanol–water partition coefficient (Wildman–Crippen LogP) is 1.72. The Morgan fingerprint density at radius 1 is 1.32 bits per heavy atom. The molecular formula is C13H19BrN2O3. The number of piperazine rings is 1. The van der Waals surface area contributed by atoms with Gasteiger partial charge in [-0.05, 0) is 28.1 Å². The van der Waals surface area contributed by atoms with Crippen LogP contribution in [0.25, 0.3) is 0 Å². The summed E-state index contributed by atoms with van der Waals surface area (Å²) in [6.45, 7) is 5.60. The second-order valence-electron chi connectivity index (χ2n) is 4.65. The smallest absolute Gasteiger partial charge is 0.306 e. The van der Waals surface area contributed by atoms with Gasteiger partial charge in [0.1, 0.15) is 5.76 Å². The SMILES string of the molecule is COC(=O)CCN1CCN(Cc2ccc(Br)o2)CC1. The number of nitrogens with zero attached hydrogens (tertiary/aromatic N) is 2. The van der Waals surface area contributed by atoms with E-state index in [1.165, 1.54) is 7.11 Å². The van der Waals surface area contributed by atoms with Gasteiger partial charge in [0.2, 0.25) is 0 Å². The molecule has 0 radical (unpaired) electrons. The minimum atomic E-state index is -0.136. The van der Waals surface area contributed by atoms with E-state index in [1.54, 1.807) is 0 Å². The molecule has 1 saturated heterocycles. The van der Waals surface area contributed by atoms with Crippen LogP contribution in [0.1, 0.15) is 12.2 Å². The third-order valence-electron chi connectivity index (χ3n) is 3.33. The van der Waals surface area contributed by atoms with E-state index in [9.17, 15) is 4.79 Å². The molecule has 0 atom stereocenters. The Labute approximate surface area is 121 Å². The standard InChI is InChI=1S/C13H19BrN2O3/c1-18-13(17)4-5-15-6-8-16(9-7-15)10-11-2-3-12(14)19-11/h2-3H,4-10H2,1H3. The highest BCUT2D eigenvalue weighted by Crippen LogP contribution is 2.16. The maximum Gasteiger partial charge on any atom is 0.306 e. The summed E-state index contributed by atoms with van der Waals surface area (Å²) in [7, 11) is 1.43. The third kappa shape index (κ3) is 4.63. The van der Waals surface area contributed by atoms with Crippen LogP contribution in [0.5, 0.6) is 0 Å². The van der Waals surface area contributed by atoms with Gasteiger partial charge in [-0.2, -0.15) is 0 Å². The van der Waals surface area contributed by atoms with Gasteiger partial charge in [0, 0.05) is 32.7 Å². The normalized spacial score (nSPS) is 17.6. The number of furan rings is 1. The Bertz CT molecular complexity index is 414. The lowest BCUT2D eigenvalue weighted by Crippen LogP contribution is -2.46. The fraction of sp³-hybridized carbons (Fsp3) is 0.615. The van der Waals surface area contributed by atoms with Gasteiger partial charge in [-0.1, -0.05) is 0 Å². The summed E-state index contributed by atoms with van der Waals surface area (Å²) in [6.07, 6.45) is 0.474. The molecule has 6 heteroatoms. The lowest BCUT2D eigenvalue weighted by Gasteiger charge is -2.33. The van der Waals surface area contributed by atoms with Crippen molar-refractivity contribution in [3.8, 4) is 0 Å². The monoisotopic (exact) mass is 330 g/mol. The summed E-state index contributed by atoms with van der Waals surface area (Å²) < 4.78 is 10.9. The molecule has 1 aliphatic heterocycles. The lowest BCUT2D eigenvalue weighted by atomic mass is 10.2. The summed E-state index contributed by atoms with van der Waals surface area (Å²) in [4.78, 5) is 15.7. The van der Waals surface area contributed by atoms with Crippen LogP contribution in [0.2, 0.25) is 0 Å².